The predicted molar refractivity (Wildman–Crippen MR) is 127 cm³/mol. The van der Waals surface area contributed by atoms with E-state index in [1.165, 1.54) is 11.8 Å². The van der Waals surface area contributed by atoms with Gasteiger partial charge in [0.05, 0.1) is 35.3 Å². The standard InChI is InChI=1S/C23H18Cl2N2O3S/c1-29-17-6-4-5-16(14-17)27-22(28)18-7-2-3-8-20(18)26-23(27)31-12-11-30-21-10-9-15(24)13-19(21)25/h2-10,13-14H,11-12H2,1H3. The van der Waals surface area contributed by atoms with Crippen LogP contribution in [0, 0.1) is 0 Å². The number of para-hydroxylation sites is 1. The van der Waals surface area contributed by atoms with Gasteiger partial charge in [-0.15, -0.1) is 0 Å². The molecule has 0 saturated heterocycles. The van der Waals surface area contributed by atoms with Gasteiger partial charge in [-0.1, -0.05) is 53.2 Å². The van der Waals surface area contributed by atoms with Gasteiger partial charge in [-0.05, 0) is 42.5 Å². The Morgan fingerprint density at radius 1 is 1.03 bits per heavy atom. The van der Waals surface area contributed by atoms with E-state index in [1.54, 1.807) is 35.9 Å². The van der Waals surface area contributed by atoms with E-state index >= 15 is 0 Å². The van der Waals surface area contributed by atoms with Gasteiger partial charge in [-0.3, -0.25) is 9.36 Å². The topological polar surface area (TPSA) is 53.4 Å². The van der Waals surface area contributed by atoms with Crippen molar-refractivity contribution in [2.24, 2.45) is 0 Å². The number of nitrogens with zero attached hydrogens (tertiary/aromatic N) is 2. The lowest BCUT2D eigenvalue weighted by Crippen LogP contribution is -2.22. The number of benzene rings is 3. The van der Waals surface area contributed by atoms with Crippen LogP contribution < -0.4 is 15.0 Å². The largest absolute Gasteiger partial charge is 0.497 e. The van der Waals surface area contributed by atoms with Gasteiger partial charge in [0.1, 0.15) is 11.5 Å². The molecule has 1 aromatic heterocycles. The van der Waals surface area contributed by atoms with Gasteiger partial charge >= 0.3 is 0 Å². The molecule has 0 aliphatic heterocycles. The molecule has 158 valence electrons. The van der Waals surface area contributed by atoms with Gasteiger partial charge in [0.15, 0.2) is 5.16 Å². The number of hydrogen-bond donors (Lipinski definition) is 0. The van der Waals surface area contributed by atoms with Crippen LogP contribution in [0.15, 0.2) is 76.7 Å². The Balaban J connectivity index is 1.63. The minimum absolute atomic E-state index is 0.136. The number of hydrogen-bond acceptors (Lipinski definition) is 5. The first-order valence-electron chi connectivity index (χ1n) is 9.43. The molecule has 1 heterocycles. The highest BCUT2D eigenvalue weighted by atomic mass is 35.5. The number of rotatable bonds is 7. The molecule has 0 atom stereocenters. The lowest BCUT2D eigenvalue weighted by Gasteiger charge is -2.14. The van der Waals surface area contributed by atoms with Crippen molar-refractivity contribution in [1.82, 2.24) is 9.55 Å². The van der Waals surface area contributed by atoms with E-state index in [0.717, 1.165) is 0 Å². The quantitative estimate of drug-likeness (QED) is 0.191. The average molecular weight is 473 g/mol. The normalized spacial score (nSPS) is 10.9. The van der Waals surface area contributed by atoms with Crippen molar-refractivity contribution in [2.45, 2.75) is 5.16 Å². The first-order chi connectivity index (χ1) is 15.1. The highest BCUT2D eigenvalue weighted by Crippen LogP contribution is 2.28. The molecule has 3 aromatic carbocycles. The van der Waals surface area contributed by atoms with Gasteiger partial charge in [0, 0.05) is 16.8 Å². The molecule has 0 bridgehead atoms. The zero-order valence-electron chi connectivity index (χ0n) is 16.5. The van der Waals surface area contributed by atoms with Crippen LogP contribution in [-0.2, 0) is 0 Å². The molecule has 0 aliphatic carbocycles. The van der Waals surface area contributed by atoms with Crippen LogP contribution in [0.4, 0.5) is 0 Å². The van der Waals surface area contributed by atoms with Crippen LogP contribution >= 0.6 is 35.0 Å². The van der Waals surface area contributed by atoms with Crippen molar-refractivity contribution < 1.29 is 9.47 Å². The monoisotopic (exact) mass is 472 g/mol. The summed E-state index contributed by atoms with van der Waals surface area (Å²) in [6.07, 6.45) is 0. The maximum absolute atomic E-state index is 13.3. The third-order valence-corrected chi connectivity index (χ3v) is 5.96. The van der Waals surface area contributed by atoms with Gasteiger partial charge in [-0.25, -0.2) is 4.98 Å². The summed E-state index contributed by atoms with van der Waals surface area (Å²) in [6.45, 7) is 0.382. The summed E-state index contributed by atoms with van der Waals surface area (Å²) in [5.74, 6) is 1.78. The molecule has 4 aromatic rings. The van der Waals surface area contributed by atoms with Crippen molar-refractivity contribution in [1.29, 1.82) is 0 Å². The molecule has 0 amide bonds. The van der Waals surface area contributed by atoms with E-state index in [2.05, 4.69) is 0 Å². The van der Waals surface area contributed by atoms with E-state index < -0.39 is 0 Å². The highest BCUT2D eigenvalue weighted by molar-refractivity contribution is 7.99. The predicted octanol–water partition coefficient (Wildman–Crippen LogP) is 5.87. The first kappa shape index (κ1) is 21.6. The van der Waals surface area contributed by atoms with Crippen LogP contribution in [0.5, 0.6) is 11.5 Å². The summed E-state index contributed by atoms with van der Waals surface area (Å²) >= 11 is 13.5. The summed E-state index contributed by atoms with van der Waals surface area (Å²) in [6, 6.07) is 19.7. The fourth-order valence-corrected chi connectivity index (χ4v) is 4.36. The molecule has 8 heteroatoms. The van der Waals surface area contributed by atoms with Crippen LogP contribution in [0.1, 0.15) is 0 Å². The zero-order valence-corrected chi connectivity index (χ0v) is 18.9. The summed E-state index contributed by atoms with van der Waals surface area (Å²) in [5, 5.41) is 2.13. The van der Waals surface area contributed by atoms with Crippen molar-refractivity contribution in [3.8, 4) is 17.2 Å². The Kier molecular flexibility index (Phi) is 6.70. The first-order valence-corrected chi connectivity index (χ1v) is 11.2. The second-order valence-corrected chi connectivity index (χ2v) is 8.43. The number of ether oxygens (including phenoxy) is 2. The Morgan fingerprint density at radius 3 is 2.68 bits per heavy atom. The summed E-state index contributed by atoms with van der Waals surface area (Å²) in [4.78, 5) is 18.0. The number of thioether (sulfide) groups is 1. The fourth-order valence-electron chi connectivity index (χ4n) is 3.06. The van der Waals surface area contributed by atoms with Crippen molar-refractivity contribution in [3.63, 3.8) is 0 Å². The second kappa shape index (κ2) is 9.64. The number of halogens is 2. The fraction of sp³-hybridized carbons (Fsp3) is 0.130. The van der Waals surface area contributed by atoms with E-state index in [4.69, 9.17) is 37.7 Å². The van der Waals surface area contributed by atoms with Gasteiger partial charge < -0.3 is 9.47 Å². The minimum atomic E-state index is -0.136. The molecule has 0 saturated carbocycles. The number of methoxy groups -OCH3 is 1. The molecule has 0 spiro atoms. The molecule has 5 nitrogen and oxygen atoms in total. The zero-order chi connectivity index (χ0) is 21.8. The number of aromatic nitrogens is 2. The van der Waals surface area contributed by atoms with Gasteiger partial charge in [0.2, 0.25) is 0 Å². The smallest absolute Gasteiger partial charge is 0.266 e. The van der Waals surface area contributed by atoms with Crippen molar-refractivity contribution >= 4 is 45.9 Å². The molecular weight excluding hydrogens is 455 g/mol. The Hall–Kier alpha value is -2.67. The molecule has 0 radical (unpaired) electrons. The molecule has 0 aliphatic rings. The third-order valence-electron chi connectivity index (χ3n) is 4.52. The Morgan fingerprint density at radius 2 is 1.87 bits per heavy atom. The van der Waals surface area contributed by atoms with Gasteiger partial charge in [0.25, 0.3) is 5.56 Å². The van der Waals surface area contributed by atoms with Crippen molar-refractivity contribution in [3.05, 3.63) is 87.1 Å². The molecule has 0 fully saturated rings. The van der Waals surface area contributed by atoms with E-state index in [-0.39, 0.29) is 5.56 Å². The highest BCUT2D eigenvalue weighted by Gasteiger charge is 2.14. The third kappa shape index (κ3) is 4.82. The Bertz CT molecular complexity index is 1290. The summed E-state index contributed by atoms with van der Waals surface area (Å²) in [5.41, 5.74) is 1.20. The molecular formula is C23H18Cl2N2O3S. The van der Waals surface area contributed by atoms with Crippen LogP contribution in [0.2, 0.25) is 10.0 Å². The van der Waals surface area contributed by atoms with E-state index in [0.29, 0.717) is 55.7 Å². The molecule has 4 rings (SSSR count). The molecule has 0 unspecified atom stereocenters. The molecule has 0 N–H and O–H groups in total. The molecule has 31 heavy (non-hydrogen) atoms. The minimum Gasteiger partial charge on any atom is -0.497 e. The van der Waals surface area contributed by atoms with Gasteiger partial charge in [-0.2, -0.15) is 0 Å². The van der Waals surface area contributed by atoms with Crippen LogP contribution in [-0.4, -0.2) is 29.0 Å². The van der Waals surface area contributed by atoms with E-state index in [9.17, 15) is 4.79 Å². The van der Waals surface area contributed by atoms with Crippen LogP contribution in [0.25, 0.3) is 16.6 Å². The lowest BCUT2D eigenvalue weighted by molar-refractivity contribution is 0.344. The number of fused-ring (bicyclic) bond motifs is 1. The average Bonchev–Trinajstić information content (AvgIpc) is 2.78. The maximum Gasteiger partial charge on any atom is 0.266 e. The van der Waals surface area contributed by atoms with Crippen LogP contribution in [0.3, 0.4) is 0 Å². The maximum atomic E-state index is 13.3. The lowest BCUT2D eigenvalue weighted by atomic mass is 10.2. The SMILES string of the molecule is COc1cccc(-n2c(SCCOc3ccc(Cl)cc3Cl)nc3ccccc3c2=O)c1. The second-order valence-electron chi connectivity index (χ2n) is 6.53. The van der Waals surface area contributed by atoms with Crippen molar-refractivity contribution in [2.75, 3.05) is 19.5 Å². The summed E-state index contributed by atoms with van der Waals surface area (Å²) in [7, 11) is 1.59. The Labute approximate surface area is 193 Å². The van der Waals surface area contributed by atoms with E-state index in [1.807, 2.05) is 42.5 Å². The summed E-state index contributed by atoms with van der Waals surface area (Å²) < 4.78 is 12.7.